The molecule has 1 aliphatic rings. The predicted octanol–water partition coefficient (Wildman–Crippen LogP) is 2.72. The maximum absolute atomic E-state index is 12.9. The molecule has 2 rings (SSSR count). The Morgan fingerprint density at radius 1 is 1.47 bits per heavy atom. The average molecular weight is 209 g/mol. The maximum Gasteiger partial charge on any atom is 0.123 e. The molecular weight excluding hydrogens is 193 g/mol. The fourth-order valence-corrected chi connectivity index (χ4v) is 1.91. The average Bonchev–Trinajstić information content (AvgIpc) is 2.57. The summed E-state index contributed by atoms with van der Waals surface area (Å²) in [6.45, 7) is 4.77. The normalized spacial score (nSPS) is 25.5. The monoisotopic (exact) mass is 209 g/mol. The van der Waals surface area contributed by atoms with Crippen molar-refractivity contribution in [3.05, 3.63) is 29.6 Å². The zero-order valence-corrected chi connectivity index (χ0v) is 9.09. The van der Waals surface area contributed by atoms with E-state index in [0.29, 0.717) is 6.04 Å². The fraction of sp³-hybridized carbons (Fsp3) is 0.500. The molecule has 0 spiro atoms. The van der Waals surface area contributed by atoms with Crippen molar-refractivity contribution in [2.45, 2.75) is 32.4 Å². The smallest absolute Gasteiger partial charge is 0.123 e. The molecule has 0 saturated carbocycles. The minimum absolute atomic E-state index is 0.186. The van der Waals surface area contributed by atoms with E-state index >= 15 is 0 Å². The molecule has 2 nitrogen and oxygen atoms in total. The quantitative estimate of drug-likeness (QED) is 0.808. The summed E-state index contributed by atoms with van der Waals surface area (Å²) in [5.74, 6) is -0.186. The van der Waals surface area contributed by atoms with Crippen molar-refractivity contribution in [3.8, 4) is 0 Å². The van der Waals surface area contributed by atoms with Crippen LogP contribution in [-0.4, -0.2) is 18.8 Å². The van der Waals surface area contributed by atoms with Crippen LogP contribution < -0.4 is 5.32 Å². The van der Waals surface area contributed by atoms with Crippen molar-refractivity contribution in [2.24, 2.45) is 0 Å². The minimum Gasteiger partial charge on any atom is -0.379 e. The molecule has 2 atom stereocenters. The van der Waals surface area contributed by atoms with E-state index in [-0.39, 0.29) is 11.9 Å². The van der Waals surface area contributed by atoms with Crippen LogP contribution in [0.15, 0.2) is 18.2 Å². The highest BCUT2D eigenvalue weighted by Crippen LogP contribution is 2.22. The summed E-state index contributed by atoms with van der Waals surface area (Å²) >= 11 is 0. The second-order valence-corrected chi connectivity index (χ2v) is 4.07. The molecule has 0 aliphatic carbocycles. The van der Waals surface area contributed by atoms with Gasteiger partial charge in [0.25, 0.3) is 0 Å². The molecule has 1 fully saturated rings. The van der Waals surface area contributed by atoms with E-state index in [9.17, 15) is 4.39 Å². The van der Waals surface area contributed by atoms with Crippen molar-refractivity contribution in [1.29, 1.82) is 0 Å². The van der Waals surface area contributed by atoms with E-state index < -0.39 is 0 Å². The molecule has 0 bridgehead atoms. The number of anilines is 1. The Balaban J connectivity index is 2.10. The van der Waals surface area contributed by atoms with Gasteiger partial charge in [-0.05, 0) is 44.0 Å². The fourth-order valence-electron chi connectivity index (χ4n) is 1.91. The molecule has 1 N–H and O–H groups in total. The van der Waals surface area contributed by atoms with Gasteiger partial charge in [0, 0.05) is 12.3 Å². The minimum atomic E-state index is -0.186. The molecule has 1 aromatic rings. The van der Waals surface area contributed by atoms with Crippen LogP contribution in [0.2, 0.25) is 0 Å². The lowest BCUT2D eigenvalue weighted by molar-refractivity contribution is 0.121. The molecule has 15 heavy (non-hydrogen) atoms. The van der Waals surface area contributed by atoms with E-state index in [4.69, 9.17) is 4.74 Å². The van der Waals surface area contributed by atoms with Crippen LogP contribution in [0.4, 0.5) is 10.1 Å². The first-order chi connectivity index (χ1) is 7.16. The summed E-state index contributed by atoms with van der Waals surface area (Å²) in [5, 5.41) is 3.39. The number of halogens is 1. The lowest BCUT2D eigenvalue weighted by Gasteiger charge is -2.18. The van der Waals surface area contributed by atoms with Crippen LogP contribution in [0.5, 0.6) is 0 Å². The first-order valence-electron chi connectivity index (χ1n) is 5.31. The van der Waals surface area contributed by atoms with Crippen LogP contribution in [-0.2, 0) is 4.74 Å². The highest BCUT2D eigenvalue weighted by atomic mass is 19.1. The van der Waals surface area contributed by atoms with Gasteiger partial charge in [-0.15, -0.1) is 0 Å². The lowest BCUT2D eigenvalue weighted by Crippen LogP contribution is -2.26. The van der Waals surface area contributed by atoms with Crippen LogP contribution in [0.3, 0.4) is 0 Å². The van der Waals surface area contributed by atoms with Crippen molar-refractivity contribution in [3.63, 3.8) is 0 Å². The van der Waals surface area contributed by atoms with Crippen LogP contribution in [0.1, 0.15) is 18.9 Å². The van der Waals surface area contributed by atoms with Crippen molar-refractivity contribution in [1.82, 2.24) is 0 Å². The number of hydrogen-bond acceptors (Lipinski definition) is 2. The summed E-state index contributed by atoms with van der Waals surface area (Å²) in [6.07, 6.45) is 1.24. The third-order valence-electron chi connectivity index (χ3n) is 2.91. The first-order valence-corrected chi connectivity index (χ1v) is 5.31. The second-order valence-electron chi connectivity index (χ2n) is 4.07. The van der Waals surface area contributed by atoms with E-state index in [0.717, 1.165) is 24.3 Å². The van der Waals surface area contributed by atoms with Crippen LogP contribution in [0.25, 0.3) is 0 Å². The van der Waals surface area contributed by atoms with Gasteiger partial charge in [0.1, 0.15) is 5.82 Å². The molecular formula is C12H16FNO. The standard InChI is InChI=1S/C12H16FNO/c1-8-7-10(13)3-4-11(8)14-12-5-6-15-9(12)2/h3-4,7,9,12,14H,5-6H2,1-2H3/t9-,12-/m1/s1. The summed E-state index contributed by atoms with van der Waals surface area (Å²) in [4.78, 5) is 0. The van der Waals surface area contributed by atoms with Crippen LogP contribution in [0, 0.1) is 12.7 Å². The Bertz CT molecular complexity index is 353. The van der Waals surface area contributed by atoms with Gasteiger partial charge < -0.3 is 10.1 Å². The molecule has 1 aliphatic heterocycles. The number of ether oxygens (including phenoxy) is 1. The summed E-state index contributed by atoms with van der Waals surface area (Å²) in [6, 6.07) is 5.16. The molecule has 0 unspecified atom stereocenters. The third-order valence-corrected chi connectivity index (χ3v) is 2.91. The molecule has 3 heteroatoms. The maximum atomic E-state index is 12.9. The predicted molar refractivity (Wildman–Crippen MR) is 58.6 cm³/mol. The molecule has 1 heterocycles. The highest BCUT2D eigenvalue weighted by molar-refractivity contribution is 5.51. The van der Waals surface area contributed by atoms with Crippen molar-refractivity contribution >= 4 is 5.69 Å². The highest BCUT2D eigenvalue weighted by Gasteiger charge is 2.24. The van der Waals surface area contributed by atoms with Gasteiger partial charge in [-0.25, -0.2) is 4.39 Å². The Labute approximate surface area is 89.4 Å². The Morgan fingerprint density at radius 2 is 2.27 bits per heavy atom. The summed E-state index contributed by atoms with van der Waals surface area (Å²) in [5.41, 5.74) is 1.94. The number of aryl methyl sites for hydroxylation is 1. The molecule has 0 radical (unpaired) electrons. The second kappa shape index (κ2) is 4.19. The third kappa shape index (κ3) is 2.29. The Morgan fingerprint density at radius 3 is 2.87 bits per heavy atom. The number of benzene rings is 1. The number of hydrogen-bond donors (Lipinski definition) is 1. The van der Waals surface area contributed by atoms with Gasteiger partial charge in [-0.3, -0.25) is 0 Å². The van der Waals surface area contributed by atoms with Gasteiger partial charge in [0.2, 0.25) is 0 Å². The van der Waals surface area contributed by atoms with Gasteiger partial charge in [0.15, 0.2) is 0 Å². The summed E-state index contributed by atoms with van der Waals surface area (Å²) < 4.78 is 18.3. The van der Waals surface area contributed by atoms with Crippen LogP contribution >= 0.6 is 0 Å². The van der Waals surface area contributed by atoms with Crippen molar-refractivity contribution < 1.29 is 9.13 Å². The zero-order valence-electron chi connectivity index (χ0n) is 9.09. The number of nitrogens with one attached hydrogen (secondary N) is 1. The van der Waals surface area contributed by atoms with E-state index in [1.54, 1.807) is 12.1 Å². The summed E-state index contributed by atoms with van der Waals surface area (Å²) in [7, 11) is 0. The van der Waals surface area contributed by atoms with E-state index in [1.807, 2.05) is 6.92 Å². The largest absolute Gasteiger partial charge is 0.379 e. The molecule has 0 amide bonds. The SMILES string of the molecule is Cc1cc(F)ccc1N[C@@H]1CCO[C@@H]1C. The molecule has 1 aromatic carbocycles. The van der Waals surface area contributed by atoms with E-state index in [2.05, 4.69) is 12.2 Å². The van der Waals surface area contributed by atoms with Gasteiger partial charge in [0.05, 0.1) is 12.1 Å². The van der Waals surface area contributed by atoms with Gasteiger partial charge in [-0.1, -0.05) is 0 Å². The number of rotatable bonds is 2. The molecule has 82 valence electrons. The first kappa shape index (κ1) is 10.4. The zero-order chi connectivity index (χ0) is 10.8. The van der Waals surface area contributed by atoms with Crippen molar-refractivity contribution in [2.75, 3.05) is 11.9 Å². The Hall–Kier alpha value is -1.09. The Kier molecular flexibility index (Phi) is 2.91. The van der Waals surface area contributed by atoms with Gasteiger partial charge >= 0.3 is 0 Å². The molecule has 1 saturated heterocycles. The molecule has 0 aromatic heterocycles. The topological polar surface area (TPSA) is 21.3 Å². The lowest BCUT2D eigenvalue weighted by atomic mass is 10.1. The van der Waals surface area contributed by atoms with Gasteiger partial charge in [-0.2, -0.15) is 0 Å². The van der Waals surface area contributed by atoms with E-state index in [1.165, 1.54) is 6.07 Å².